The molecule has 1 N–H and O–H groups in total. The SMILES string of the molecule is CCCNCc1ccc(-c2cnnn2CCC)cc1. The normalized spacial score (nSPS) is 10.8. The van der Waals surface area contributed by atoms with Gasteiger partial charge in [0, 0.05) is 18.7 Å². The molecule has 0 fully saturated rings. The lowest BCUT2D eigenvalue weighted by Crippen LogP contribution is -2.13. The second kappa shape index (κ2) is 7.04. The third-order valence-electron chi connectivity index (χ3n) is 3.06. The van der Waals surface area contributed by atoms with E-state index in [9.17, 15) is 0 Å². The molecule has 0 unspecified atom stereocenters. The van der Waals surface area contributed by atoms with E-state index in [1.165, 1.54) is 17.5 Å². The quantitative estimate of drug-likeness (QED) is 0.777. The molecule has 0 atom stereocenters. The molecular weight excluding hydrogens is 236 g/mol. The highest BCUT2D eigenvalue weighted by molar-refractivity contribution is 5.58. The molecule has 4 heteroatoms. The average molecular weight is 258 g/mol. The summed E-state index contributed by atoms with van der Waals surface area (Å²) in [5.74, 6) is 0. The summed E-state index contributed by atoms with van der Waals surface area (Å²) in [6.07, 6.45) is 4.06. The fourth-order valence-electron chi connectivity index (χ4n) is 2.06. The van der Waals surface area contributed by atoms with Gasteiger partial charge < -0.3 is 5.32 Å². The summed E-state index contributed by atoms with van der Waals surface area (Å²) in [6.45, 7) is 7.23. The number of hydrogen-bond donors (Lipinski definition) is 1. The van der Waals surface area contributed by atoms with Crippen molar-refractivity contribution in [2.75, 3.05) is 6.54 Å². The Kier molecular flexibility index (Phi) is 5.10. The Morgan fingerprint density at radius 3 is 2.58 bits per heavy atom. The maximum atomic E-state index is 4.12. The molecule has 0 radical (unpaired) electrons. The summed E-state index contributed by atoms with van der Waals surface area (Å²) in [5.41, 5.74) is 3.58. The van der Waals surface area contributed by atoms with E-state index in [0.29, 0.717) is 0 Å². The van der Waals surface area contributed by atoms with Crippen LogP contribution in [0, 0.1) is 0 Å². The van der Waals surface area contributed by atoms with E-state index in [1.54, 1.807) is 0 Å². The molecule has 0 bridgehead atoms. The molecule has 1 heterocycles. The topological polar surface area (TPSA) is 42.7 Å². The summed E-state index contributed by atoms with van der Waals surface area (Å²) >= 11 is 0. The molecular formula is C15H22N4. The van der Waals surface area contributed by atoms with Gasteiger partial charge in [0.2, 0.25) is 0 Å². The minimum Gasteiger partial charge on any atom is -0.313 e. The smallest absolute Gasteiger partial charge is 0.0885 e. The monoisotopic (exact) mass is 258 g/mol. The third-order valence-corrected chi connectivity index (χ3v) is 3.06. The van der Waals surface area contributed by atoms with Gasteiger partial charge in [-0.3, -0.25) is 0 Å². The Morgan fingerprint density at radius 1 is 1.11 bits per heavy atom. The van der Waals surface area contributed by atoms with Gasteiger partial charge in [-0.15, -0.1) is 5.10 Å². The molecule has 0 saturated heterocycles. The van der Waals surface area contributed by atoms with Gasteiger partial charge >= 0.3 is 0 Å². The summed E-state index contributed by atoms with van der Waals surface area (Å²) in [5, 5.41) is 11.5. The van der Waals surface area contributed by atoms with Crippen LogP contribution in [0.4, 0.5) is 0 Å². The van der Waals surface area contributed by atoms with Crippen LogP contribution >= 0.6 is 0 Å². The molecule has 102 valence electrons. The first-order valence-corrected chi connectivity index (χ1v) is 7.03. The maximum Gasteiger partial charge on any atom is 0.0885 e. The van der Waals surface area contributed by atoms with E-state index in [0.717, 1.165) is 31.7 Å². The van der Waals surface area contributed by atoms with Gasteiger partial charge in [-0.05, 0) is 24.9 Å². The van der Waals surface area contributed by atoms with Crippen molar-refractivity contribution in [3.05, 3.63) is 36.0 Å². The molecule has 0 aliphatic rings. The third kappa shape index (κ3) is 3.64. The second-order valence-corrected chi connectivity index (χ2v) is 4.72. The Morgan fingerprint density at radius 2 is 1.89 bits per heavy atom. The molecule has 1 aromatic carbocycles. The summed E-state index contributed by atoms with van der Waals surface area (Å²) in [7, 11) is 0. The lowest BCUT2D eigenvalue weighted by Gasteiger charge is -2.07. The minimum atomic E-state index is 0.912. The van der Waals surface area contributed by atoms with Gasteiger partial charge in [0.15, 0.2) is 0 Å². The summed E-state index contributed by atoms with van der Waals surface area (Å²) in [6, 6.07) is 8.63. The number of benzene rings is 1. The first kappa shape index (κ1) is 13.7. The van der Waals surface area contributed by atoms with E-state index in [1.807, 2.05) is 10.9 Å². The molecule has 2 aromatic rings. The molecule has 2 rings (SSSR count). The van der Waals surface area contributed by atoms with E-state index in [4.69, 9.17) is 0 Å². The molecule has 0 aliphatic carbocycles. The first-order chi connectivity index (χ1) is 9.35. The minimum absolute atomic E-state index is 0.912. The van der Waals surface area contributed by atoms with E-state index >= 15 is 0 Å². The Balaban J connectivity index is 2.07. The lowest BCUT2D eigenvalue weighted by molar-refractivity contribution is 0.584. The van der Waals surface area contributed by atoms with E-state index < -0.39 is 0 Å². The second-order valence-electron chi connectivity index (χ2n) is 4.72. The maximum absolute atomic E-state index is 4.12. The van der Waals surface area contributed by atoms with Gasteiger partial charge in [-0.25, -0.2) is 4.68 Å². The zero-order valence-electron chi connectivity index (χ0n) is 11.8. The van der Waals surface area contributed by atoms with Crippen molar-refractivity contribution in [2.45, 2.75) is 39.8 Å². The molecule has 0 saturated carbocycles. The lowest BCUT2D eigenvalue weighted by atomic mass is 10.1. The van der Waals surface area contributed by atoms with Crippen molar-refractivity contribution >= 4 is 0 Å². The summed E-state index contributed by atoms with van der Waals surface area (Å²) < 4.78 is 1.96. The zero-order chi connectivity index (χ0) is 13.5. The largest absolute Gasteiger partial charge is 0.313 e. The van der Waals surface area contributed by atoms with Crippen molar-refractivity contribution < 1.29 is 0 Å². The molecule has 1 aromatic heterocycles. The summed E-state index contributed by atoms with van der Waals surface area (Å²) in [4.78, 5) is 0. The number of aromatic nitrogens is 3. The standard InChI is InChI=1S/C15H22N4/c1-3-9-16-11-13-5-7-14(8-6-13)15-12-17-18-19(15)10-4-2/h5-8,12,16H,3-4,9-11H2,1-2H3. The Labute approximate surface area is 114 Å². The number of nitrogens with zero attached hydrogens (tertiary/aromatic N) is 3. The molecule has 0 spiro atoms. The van der Waals surface area contributed by atoms with Crippen LogP contribution in [-0.2, 0) is 13.1 Å². The van der Waals surface area contributed by atoms with Crippen molar-refractivity contribution in [3.63, 3.8) is 0 Å². The highest BCUT2D eigenvalue weighted by Gasteiger charge is 2.05. The fraction of sp³-hybridized carbons (Fsp3) is 0.467. The number of nitrogens with one attached hydrogen (secondary N) is 1. The predicted octanol–water partition coefficient (Wildman–Crippen LogP) is 2.85. The first-order valence-electron chi connectivity index (χ1n) is 7.03. The van der Waals surface area contributed by atoms with Crippen LogP contribution in [0.1, 0.15) is 32.3 Å². The van der Waals surface area contributed by atoms with Crippen LogP contribution in [0.25, 0.3) is 11.3 Å². The van der Waals surface area contributed by atoms with Crippen LogP contribution in [0.3, 0.4) is 0 Å². The highest BCUT2D eigenvalue weighted by atomic mass is 15.4. The van der Waals surface area contributed by atoms with Crippen molar-refractivity contribution in [2.24, 2.45) is 0 Å². The number of hydrogen-bond acceptors (Lipinski definition) is 3. The molecule has 0 amide bonds. The number of rotatable bonds is 7. The van der Waals surface area contributed by atoms with Crippen LogP contribution in [-0.4, -0.2) is 21.5 Å². The Bertz CT molecular complexity index is 487. The predicted molar refractivity (Wildman–Crippen MR) is 77.7 cm³/mol. The van der Waals surface area contributed by atoms with E-state index in [-0.39, 0.29) is 0 Å². The van der Waals surface area contributed by atoms with E-state index in [2.05, 4.69) is 53.7 Å². The van der Waals surface area contributed by atoms with Gasteiger partial charge in [-0.1, -0.05) is 43.3 Å². The van der Waals surface area contributed by atoms with Crippen LogP contribution < -0.4 is 5.32 Å². The highest BCUT2D eigenvalue weighted by Crippen LogP contribution is 2.18. The van der Waals surface area contributed by atoms with Gasteiger partial charge in [0.1, 0.15) is 0 Å². The van der Waals surface area contributed by atoms with Crippen LogP contribution in [0.15, 0.2) is 30.5 Å². The van der Waals surface area contributed by atoms with Crippen molar-refractivity contribution in [3.8, 4) is 11.3 Å². The number of aryl methyl sites for hydroxylation is 1. The van der Waals surface area contributed by atoms with Gasteiger partial charge in [0.05, 0.1) is 11.9 Å². The van der Waals surface area contributed by atoms with Crippen LogP contribution in [0.5, 0.6) is 0 Å². The average Bonchev–Trinajstić information content (AvgIpc) is 2.89. The molecule has 19 heavy (non-hydrogen) atoms. The van der Waals surface area contributed by atoms with Crippen molar-refractivity contribution in [1.29, 1.82) is 0 Å². The fourth-order valence-corrected chi connectivity index (χ4v) is 2.06. The van der Waals surface area contributed by atoms with Gasteiger partial charge in [0.25, 0.3) is 0 Å². The zero-order valence-corrected chi connectivity index (χ0v) is 11.8. The Hall–Kier alpha value is -1.68. The molecule has 4 nitrogen and oxygen atoms in total. The van der Waals surface area contributed by atoms with Crippen molar-refractivity contribution in [1.82, 2.24) is 20.3 Å². The van der Waals surface area contributed by atoms with Crippen LogP contribution in [0.2, 0.25) is 0 Å². The van der Waals surface area contributed by atoms with Gasteiger partial charge in [-0.2, -0.15) is 0 Å². The molecule has 0 aliphatic heterocycles.